The smallest absolute Gasteiger partial charge is 0.234 e. The number of rotatable bonds is 8. The number of aromatic nitrogens is 3. The average molecular weight is 459 g/mol. The summed E-state index contributed by atoms with van der Waals surface area (Å²) in [7, 11) is 0. The van der Waals surface area contributed by atoms with Crippen molar-refractivity contribution in [1.29, 1.82) is 0 Å². The number of nitrogens with zero attached hydrogens (tertiary/aromatic N) is 3. The van der Waals surface area contributed by atoms with Crippen molar-refractivity contribution in [2.45, 2.75) is 32.0 Å². The summed E-state index contributed by atoms with van der Waals surface area (Å²) in [5, 5.41) is 22.6. The Morgan fingerprint density at radius 2 is 1.73 bits per heavy atom. The van der Waals surface area contributed by atoms with Crippen LogP contribution < -0.4 is 5.32 Å². The molecule has 0 saturated carbocycles. The Hall–Kier alpha value is -3.58. The predicted octanol–water partition coefficient (Wildman–Crippen LogP) is 5.24. The van der Waals surface area contributed by atoms with Crippen molar-refractivity contribution in [1.82, 2.24) is 14.8 Å². The van der Waals surface area contributed by atoms with Crippen LogP contribution in [0.15, 0.2) is 78.0 Å². The van der Waals surface area contributed by atoms with Gasteiger partial charge in [0, 0.05) is 12.2 Å². The lowest BCUT2D eigenvalue weighted by Crippen LogP contribution is -2.15. The molecule has 2 N–H and O–H groups in total. The number of benzene rings is 3. The van der Waals surface area contributed by atoms with E-state index in [4.69, 9.17) is 0 Å². The van der Waals surface area contributed by atoms with Crippen LogP contribution in [0.1, 0.15) is 16.7 Å². The summed E-state index contributed by atoms with van der Waals surface area (Å²) in [6.07, 6.45) is 0.780. The molecule has 0 unspecified atom stereocenters. The van der Waals surface area contributed by atoms with E-state index in [1.54, 1.807) is 12.1 Å². The van der Waals surface area contributed by atoms with Crippen molar-refractivity contribution >= 4 is 23.4 Å². The molecule has 4 rings (SSSR count). The van der Waals surface area contributed by atoms with Crippen LogP contribution in [0.25, 0.3) is 11.4 Å². The van der Waals surface area contributed by atoms with Gasteiger partial charge in [0.05, 0.1) is 11.3 Å². The number of aromatic hydroxyl groups is 1. The van der Waals surface area contributed by atoms with Gasteiger partial charge in [-0.2, -0.15) is 0 Å². The number of carbonyl (C=O) groups is 1. The van der Waals surface area contributed by atoms with Crippen molar-refractivity contribution in [3.05, 3.63) is 89.5 Å². The number of phenolic OH excluding ortho intramolecular Hbond substituents is 1. The van der Waals surface area contributed by atoms with Crippen LogP contribution >= 0.6 is 11.8 Å². The molecule has 1 aromatic heterocycles. The molecule has 0 bridgehead atoms. The first-order valence-corrected chi connectivity index (χ1v) is 11.7. The van der Waals surface area contributed by atoms with Gasteiger partial charge in [-0.3, -0.25) is 4.79 Å². The van der Waals surface area contributed by atoms with Gasteiger partial charge in [0.2, 0.25) is 5.91 Å². The minimum atomic E-state index is -0.107. The van der Waals surface area contributed by atoms with Crippen molar-refractivity contribution in [3.63, 3.8) is 0 Å². The zero-order valence-electron chi connectivity index (χ0n) is 18.7. The number of amides is 1. The van der Waals surface area contributed by atoms with Crippen LogP contribution in [-0.4, -0.2) is 31.5 Å². The van der Waals surface area contributed by atoms with E-state index in [0.29, 0.717) is 23.1 Å². The molecule has 0 fully saturated rings. The van der Waals surface area contributed by atoms with Gasteiger partial charge in [0.1, 0.15) is 5.75 Å². The van der Waals surface area contributed by atoms with E-state index < -0.39 is 0 Å². The highest BCUT2D eigenvalue weighted by molar-refractivity contribution is 7.99. The fourth-order valence-electron chi connectivity index (χ4n) is 3.49. The van der Waals surface area contributed by atoms with E-state index in [1.165, 1.54) is 22.9 Å². The molecule has 1 heterocycles. The molecular weight excluding hydrogens is 432 g/mol. The molecule has 7 heteroatoms. The number of phenols is 1. The first kappa shape index (κ1) is 22.6. The second-order valence-corrected chi connectivity index (χ2v) is 8.79. The molecule has 0 spiro atoms. The Labute approximate surface area is 197 Å². The van der Waals surface area contributed by atoms with Crippen LogP contribution in [-0.2, 0) is 17.8 Å². The maximum atomic E-state index is 12.6. The van der Waals surface area contributed by atoms with Crippen LogP contribution in [0, 0.1) is 13.8 Å². The SMILES string of the molecule is Cc1ccc(NC(=O)CSc2nnc(-c3ccccc3O)n2CCc2ccccc2)cc1C. The molecule has 33 heavy (non-hydrogen) atoms. The third kappa shape index (κ3) is 5.62. The Kier molecular flexibility index (Phi) is 7.10. The first-order chi connectivity index (χ1) is 16.0. The summed E-state index contributed by atoms with van der Waals surface area (Å²) in [6.45, 7) is 4.69. The number of aryl methyl sites for hydroxylation is 3. The summed E-state index contributed by atoms with van der Waals surface area (Å²) in [5.41, 5.74) is 4.91. The highest BCUT2D eigenvalue weighted by Crippen LogP contribution is 2.30. The van der Waals surface area contributed by atoms with Gasteiger partial charge in [-0.25, -0.2) is 0 Å². The zero-order valence-corrected chi connectivity index (χ0v) is 19.5. The lowest BCUT2D eigenvalue weighted by molar-refractivity contribution is -0.113. The summed E-state index contributed by atoms with van der Waals surface area (Å²) in [6, 6.07) is 23.1. The minimum Gasteiger partial charge on any atom is -0.507 e. The normalized spacial score (nSPS) is 10.8. The van der Waals surface area contributed by atoms with Crippen LogP contribution in [0.5, 0.6) is 5.75 Å². The van der Waals surface area contributed by atoms with E-state index in [9.17, 15) is 9.90 Å². The fraction of sp³-hybridized carbons (Fsp3) is 0.192. The van der Waals surface area contributed by atoms with Crippen LogP contribution in [0.2, 0.25) is 0 Å². The van der Waals surface area contributed by atoms with Crippen molar-refractivity contribution in [2.24, 2.45) is 0 Å². The third-order valence-electron chi connectivity index (χ3n) is 5.45. The number of para-hydroxylation sites is 1. The third-order valence-corrected chi connectivity index (χ3v) is 6.42. The van der Waals surface area contributed by atoms with E-state index >= 15 is 0 Å². The summed E-state index contributed by atoms with van der Waals surface area (Å²) >= 11 is 1.33. The van der Waals surface area contributed by atoms with Crippen molar-refractivity contribution < 1.29 is 9.90 Å². The second-order valence-electron chi connectivity index (χ2n) is 7.85. The van der Waals surface area contributed by atoms with Crippen molar-refractivity contribution in [3.8, 4) is 17.1 Å². The molecule has 6 nitrogen and oxygen atoms in total. The van der Waals surface area contributed by atoms with E-state index in [0.717, 1.165) is 17.7 Å². The van der Waals surface area contributed by atoms with Gasteiger partial charge < -0.3 is 15.0 Å². The Morgan fingerprint density at radius 3 is 2.48 bits per heavy atom. The van der Waals surface area contributed by atoms with Crippen LogP contribution in [0.3, 0.4) is 0 Å². The highest BCUT2D eigenvalue weighted by atomic mass is 32.2. The van der Waals surface area contributed by atoms with E-state index in [-0.39, 0.29) is 17.4 Å². The van der Waals surface area contributed by atoms with Crippen molar-refractivity contribution in [2.75, 3.05) is 11.1 Å². The second kappa shape index (κ2) is 10.4. The molecule has 3 aromatic carbocycles. The number of hydrogen-bond acceptors (Lipinski definition) is 5. The number of thioether (sulfide) groups is 1. The number of nitrogens with one attached hydrogen (secondary N) is 1. The maximum absolute atomic E-state index is 12.6. The molecule has 0 radical (unpaired) electrons. The average Bonchev–Trinajstić information content (AvgIpc) is 3.22. The summed E-state index contributed by atoms with van der Waals surface area (Å²) in [5.74, 6) is 0.831. The topological polar surface area (TPSA) is 80.0 Å². The quantitative estimate of drug-likeness (QED) is 0.353. The molecule has 0 saturated heterocycles. The maximum Gasteiger partial charge on any atom is 0.234 e. The van der Waals surface area contributed by atoms with Crippen LogP contribution in [0.4, 0.5) is 5.69 Å². The Bertz CT molecular complexity index is 1250. The highest BCUT2D eigenvalue weighted by Gasteiger charge is 2.18. The monoisotopic (exact) mass is 458 g/mol. The molecule has 0 aliphatic carbocycles. The van der Waals surface area contributed by atoms with Gasteiger partial charge in [-0.05, 0) is 61.2 Å². The molecular formula is C26H26N4O2S. The summed E-state index contributed by atoms with van der Waals surface area (Å²) in [4.78, 5) is 12.6. The zero-order chi connectivity index (χ0) is 23.2. The molecule has 168 valence electrons. The standard InChI is InChI=1S/C26H26N4O2S/c1-18-12-13-21(16-19(18)2)27-24(32)17-33-26-29-28-25(22-10-6-7-11-23(22)31)30(26)15-14-20-8-4-3-5-9-20/h3-13,16,31H,14-15,17H2,1-2H3,(H,27,32). The molecule has 4 aromatic rings. The van der Waals surface area contributed by atoms with Gasteiger partial charge in [0.25, 0.3) is 0 Å². The fourth-order valence-corrected chi connectivity index (χ4v) is 4.26. The first-order valence-electron chi connectivity index (χ1n) is 10.8. The minimum absolute atomic E-state index is 0.107. The molecule has 0 atom stereocenters. The molecule has 1 amide bonds. The molecule has 0 aliphatic rings. The summed E-state index contributed by atoms with van der Waals surface area (Å²) < 4.78 is 1.97. The molecule has 0 aliphatic heterocycles. The lowest BCUT2D eigenvalue weighted by Gasteiger charge is -2.11. The van der Waals surface area contributed by atoms with Gasteiger partial charge in [-0.15, -0.1) is 10.2 Å². The van der Waals surface area contributed by atoms with E-state index in [1.807, 2.05) is 66.9 Å². The van der Waals surface area contributed by atoms with Gasteiger partial charge in [0.15, 0.2) is 11.0 Å². The van der Waals surface area contributed by atoms with Gasteiger partial charge >= 0.3 is 0 Å². The lowest BCUT2D eigenvalue weighted by atomic mass is 10.1. The van der Waals surface area contributed by atoms with E-state index in [2.05, 4.69) is 27.6 Å². The largest absolute Gasteiger partial charge is 0.507 e. The number of carbonyl (C=O) groups excluding carboxylic acids is 1. The van der Waals surface area contributed by atoms with Gasteiger partial charge in [-0.1, -0.05) is 60.3 Å². The Balaban J connectivity index is 1.52. The predicted molar refractivity (Wildman–Crippen MR) is 133 cm³/mol. The number of anilines is 1. The number of hydrogen-bond donors (Lipinski definition) is 2. The Morgan fingerprint density at radius 1 is 0.970 bits per heavy atom.